The van der Waals surface area contributed by atoms with Crippen molar-refractivity contribution in [2.75, 3.05) is 13.2 Å². The van der Waals surface area contributed by atoms with Gasteiger partial charge in [-0.3, -0.25) is 19.8 Å². The first kappa shape index (κ1) is 14.8. The Bertz CT molecular complexity index is 513. The van der Waals surface area contributed by atoms with Crippen LogP contribution in [0.15, 0.2) is 24.3 Å². The van der Waals surface area contributed by atoms with Crippen molar-refractivity contribution in [2.45, 2.75) is 25.7 Å². The topological polar surface area (TPSA) is 67.9 Å². The summed E-state index contributed by atoms with van der Waals surface area (Å²) >= 11 is 4.96. The second-order valence-corrected chi connectivity index (χ2v) is 5.30. The van der Waals surface area contributed by atoms with Crippen LogP contribution in [0.1, 0.15) is 13.8 Å². The Morgan fingerprint density at radius 1 is 1.55 bits per heavy atom. The molecule has 7 heteroatoms. The third kappa shape index (κ3) is 2.95. The summed E-state index contributed by atoms with van der Waals surface area (Å²) in [6, 6.07) is 0. The zero-order chi connectivity index (χ0) is 14.9. The van der Waals surface area contributed by atoms with Gasteiger partial charge in [0.05, 0.1) is 6.61 Å². The largest absolute Gasteiger partial charge is 0.347 e. The molecule has 0 spiro atoms. The highest BCUT2D eigenvalue weighted by Crippen LogP contribution is 2.24. The lowest BCUT2D eigenvalue weighted by molar-refractivity contribution is -0.134. The van der Waals surface area contributed by atoms with Crippen LogP contribution in [0.4, 0.5) is 0 Å². The maximum absolute atomic E-state index is 12.3. The van der Waals surface area contributed by atoms with E-state index in [-0.39, 0.29) is 17.2 Å². The number of hydrogen-bond acceptors (Lipinski definition) is 5. The van der Waals surface area contributed by atoms with Crippen LogP contribution in [-0.2, 0) is 19.1 Å². The number of thiocarbonyl (C=S) groups is 1. The zero-order valence-electron chi connectivity index (χ0n) is 11.3. The summed E-state index contributed by atoms with van der Waals surface area (Å²) in [6.07, 6.45) is 2.58. The molecule has 0 aromatic carbocycles. The van der Waals surface area contributed by atoms with E-state index in [0.717, 1.165) is 0 Å². The molecule has 2 rings (SSSR count). The SMILES string of the molecule is C=CCN1C(=O)/C(=C\[C@H]2COC(C)(C)O2)C(=O)NC1=S. The number of ether oxygens (including phenoxy) is 2. The second-order valence-electron chi connectivity index (χ2n) is 4.91. The molecule has 2 heterocycles. The third-order valence-corrected chi connectivity index (χ3v) is 3.20. The van der Waals surface area contributed by atoms with Gasteiger partial charge in [-0.25, -0.2) is 0 Å². The maximum atomic E-state index is 12.3. The molecule has 2 fully saturated rings. The molecular weight excluding hydrogens is 280 g/mol. The standard InChI is InChI=1S/C13H16N2O4S/c1-4-5-15-11(17)9(10(16)14-12(15)20)6-8-7-18-13(2,3)19-8/h4,6,8H,1,5,7H2,2-3H3,(H,14,16,20)/b9-6-/t8-/m0/s1. The minimum absolute atomic E-state index is 0.00625. The fourth-order valence-electron chi connectivity index (χ4n) is 1.99. The Morgan fingerprint density at radius 3 is 2.80 bits per heavy atom. The molecular formula is C13H16N2O4S. The van der Waals surface area contributed by atoms with Crippen LogP contribution in [-0.4, -0.2) is 46.9 Å². The van der Waals surface area contributed by atoms with Crippen molar-refractivity contribution >= 4 is 29.1 Å². The Morgan fingerprint density at radius 2 is 2.25 bits per heavy atom. The molecule has 2 aliphatic rings. The lowest BCUT2D eigenvalue weighted by Crippen LogP contribution is -2.54. The molecule has 1 N–H and O–H groups in total. The third-order valence-electron chi connectivity index (χ3n) is 2.88. The average Bonchev–Trinajstić information content (AvgIpc) is 2.69. The van der Waals surface area contributed by atoms with E-state index in [0.29, 0.717) is 6.61 Å². The van der Waals surface area contributed by atoms with Crippen LogP contribution < -0.4 is 5.32 Å². The molecule has 0 saturated carbocycles. The Balaban J connectivity index is 2.21. The highest BCUT2D eigenvalue weighted by atomic mass is 32.1. The summed E-state index contributed by atoms with van der Waals surface area (Å²) < 4.78 is 11.0. The molecule has 20 heavy (non-hydrogen) atoms. The minimum Gasteiger partial charge on any atom is -0.347 e. The van der Waals surface area contributed by atoms with Gasteiger partial charge in [0.1, 0.15) is 11.7 Å². The van der Waals surface area contributed by atoms with Crippen LogP contribution >= 0.6 is 12.2 Å². The number of nitrogens with one attached hydrogen (secondary N) is 1. The molecule has 0 bridgehead atoms. The van der Waals surface area contributed by atoms with Gasteiger partial charge in [-0.1, -0.05) is 6.08 Å². The van der Waals surface area contributed by atoms with Gasteiger partial charge in [0.15, 0.2) is 10.9 Å². The second kappa shape index (κ2) is 5.43. The molecule has 0 aliphatic carbocycles. The Kier molecular flexibility index (Phi) is 4.03. The van der Waals surface area contributed by atoms with Crippen molar-refractivity contribution in [3.8, 4) is 0 Å². The quantitative estimate of drug-likeness (QED) is 0.355. The lowest BCUT2D eigenvalue weighted by Gasteiger charge is -2.28. The summed E-state index contributed by atoms with van der Waals surface area (Å²) in [6.45, 7) is 7.64. The van der Waals surface area contributed by atoms with E-state index < -0.39 is 23.7 Å². The molecule has 6 nitrogen and oxygen atoms in total. The average molecular weight is 296 g/mol. The van der Waals surface area contributed by atoms with Crippen LogP contribution in [0, 0.1) is 0 Å². The van der Waals surface area contributed by atoms with Crippen molar-refractivity contribution < 1.29 is 19.1 Å². The van der Waals surface area contributed by atoms with E-state index in [1.165, 1.54) is 17.1 Å². The van der Waals surface area contributed by atoms with Gasteiger partial charge in [0.25, 0.3) is 11.8 Å². The summed E-state index contributed by atoms with van der Waals surface area (Å²) in [5, 5.41) is 2.56. The fraction of sp³-hybridized carbons (Fsp3) is 0.462. The number of nitrogens with zero attached hydrogens (tertiary/aromatic N) is 1. The molecule has 0 radical (unpaired) electrons. The van der Waals surface area contributed by atoms with Crippen LogP contribution in [0.2, 0.25) is 0 Å². The van der Waals surface area contributed by atoms with E-state index in [9.17, 15) is 9.59 Å². The number of carbonyl (C=O) groups is 2. The summed E-state index contributed by atoms with van der Waals surface area (Å²) in [5.74, 6) is -1.69. The van der Waals surface area contributed by atoms with Crippen LogP contribution in [0.3, 0.4) is 0 Å². The molecule has 0 unspecified atom stereocenters. The smallest absolute Gasteiger partial charge is 0.265 e. The van der Waals surface area contributed by atoms with Crippen molar-refractivity contribution in [3.63, 3.8) is 0 Å². The lowest BCUT2D eigenvalue weighted by atomic mass is 10.1. The van der Waals surface area contributed by atoms with Crippen molar-refractivity contribution in [2.24, 2.45) is 0 Å². The molecule has 108 valence electrons. The first-order valence-corrected chi connectivity index (χ1v) is 6.56. The van der Waals surface area contributed by atoms with Gasteiger partial charge in [-0.15, -0.1) is 6.58 Å². The fourth-order valence-corrected chi connectivity index (χ4v) is 2.24. The molecule has 2 amide bonds. The van der Waals surface area contributed by atoms with Crippen LogP contribution in [0.25, 0.3) is 0 Å². The highest BCUT2D eigenvalue weighted by molar-refractivity contribution is 7.80. The predicted octanol–water partition coefficient (Wildman–Crippen LogP) is 0.494. The van der Waals surface area contributed by atoms with Gasteiger partial charge in [-0.2, -0.15) is 0 Å². The monoisotopic (exact) mass is 296 g/mol. The van der Waals surface area contributed by atoms with Gasteiger partial charge < -0.3 is 9.47 Å². The molecule has 2 saturated heterocycles. The van der Waals surface area contributed by atoms with E-state index in [4.69, 9.17) is 21.7 Å². The van der Waals surface area contributed by atoms with Gasteiger partial charge in [0.2, 0.25) is 0 Å². The minimum atomic E-state index is -0.716. The maximum Gasteiger partial charge on any atom is 0.265 e. The number of rotatable bonds is 3. The Hall–Kier alpha value is -1.57. The van der Waals surface area contributed by atoms with Crippen molar-refractivity contribution in [1.82, 2.24) is 10.2 Å². The first-order chi connectivity index (χ1) is 9.34. The Labute approximate surface area is 122 Å². The number of hydrogen-bond donors (Lipinski definition) is 1. The molecule has 1 atom stereocenters. The van der Waals surface area contributed by atoms with E-state index >= 15 is 0 Å². The van der Waals surface area contributed by atoms with Gasteiger partial charge in [-0.05, 0) is 32.1 Å². The summed E-state index contributed by atoms with van der Waals surface area (Å²) in [4.78, 5) is 25.4. The molecule has 2 aliphatic heterocycles. The van der Waals surface area contributed by atoms with Crippen molar-refractivity contribution in [3.05, 3.63) is 24.3 Å². The number of amides is 2. The molecule has 0 aromatic rings. The summed E-state index contributed by atoms with van der Waals surface area (Å²) in [5.41, 5.74) is 0.00625. The molecule has 0 aromatic heterocycles. The van der Waals surface area contributed by atoms with E-state index in [1.807, 2.05) is 0 Å². The van der Waals surface area contributed by atoms with E-state index in [1.54, 1.807) is 13.8 Å². The highest BCUT2D eigenvalue weighted by Gasteiger charge is 2.36. The van der Waals surface area contributed by atoms with Gasteiger partial charge in [0, 0.05) is 6.54 Å². The van der Waals surface area contributed by atoms with Crippen molar-refractivity contribution in [1.29, 1.82) is 0 Å². The number of carbonyl (C=O) groups excluding carboxylic acids is 2. The van der Waals surface area contributed by atoms with E-state index in [2.05, 4.69) is 11.9 Å². The van der Waals surface area contributed by atoms with Gasteiger partial charge >= 0.3 is 0 Å². The van der Waals surface area contributed by atoms with Crippen LogP contribution in [0.5, 0.6) is 0 Å². The normalized spacial score (nSPS) is 27.9. The predicted molar refractivity (Wildman–Crippen MR) is 75.6 cm³/mol. The summed E-state index contributed by atoms with van der Waals surface area (Å²) in [7, 11) is 0. The zero-order valence-corrected chi connectivity index (χ0v) is 12.2. The first-order valence-electron chi connectivity index (χ1n) is 6.16.